The number of amides is 2. The summed E-state index contributed by atoms with van der Waals surface area (Å²) in [5, 5.41) is 2.51. The molecule has 6 heteroatoms. The van der Waals surface area contributed by atoms with Gasteiger partial charge in [-0.1, -0.05) is 0 Å². The molecule has 0 saturated carbocycles. The number of anilines is 1. The van der Waals surface area contributed by atoms with Crippen LogP contribution < -0.4 is 5.32 Å². The first-order chi connectivity index (χ1) is 7.38. The highest BCUT2D eigenvalue weighted by molar-refractivity contribution is 5.92. The van der Waals surface area contributed by atoms with Gasteiger partial charge in [0.05, 0.1) is 5.56 Å². The molecule has 0 saturated heterocycles. The van der Waals surface area contributed by atoms with E-state index in [1.54, 1.807) is 0 Å². The van der Waals surface area contributed by atoms with Gasteiger partial charge in [-0.05, 0) is 23.8 Å². The van der Waals surface area contributed by atoms with E-state index in [9.17, 15) is 18.0 Å². The summed E-state index contributed by atoms with van der Waals surface area (Å²) in [5.74, 6) is 0. The van der Waals surface area contributed by atoms with E-state index in [0.29, 0.717) is 11.3 Å². The molecular weight excluding hydrogens is 221 g/mol. The lowest BCUT2D eigenvalue weighted by Gasteiger charge is -2.26. The fraction of sp³-hybridized carbons (Fsp3) is 0.300. The molecule has 16 heavy (non-hydrogen) atoms. The standard InChI is InChI=1S/C10H9F3N2O/c1-15-5-6-4-7(10(11,12)13)2-3-8(6)14-9(15)16/h2-4H,5H2,1H3,(H,14,16). The number of hydrogen-bond donors (Lipinski definition) is 1. The molecule has 1 aliphatic heterocycles. The van der Waals surface area contributed by atoms with Crippen molar-refractivity contribution >= 4 is 11.7 Å². The van der Waals surface area contributed by atoms with Crippen LogP contribution in [-0.2, 0) is 12.7 Å². The summed E-state index contributed by atoms with van der Waals surface area (Å²) in [6, 6.07) is 2.99. The summed E-state index contributed by atoms with van der Waals surface area (Å²) in [6.07, 6.45) is -4.35. The van der Waals surface area contributed by atoms with Crippen LogP contribution in [0.15, 0.2) is 18.2 Å². The molecule has 0 radical (unpaired) electrons. The molecule has 3 nitrogen and oxygen atoms in total. The summed E-state index contributed by atoms with van der Waals surface area (Å²) in [6.45, 7) is 0.186. The number of urea groups is 1. The maximum Gasteiger partial charge on any atom is 0.416 e. The SMILES string of the molecule is CN1Cc2cc(C(F)(F)F)ccc2NC1=O. The van der Waals surface area contributed by atoms with Gasteiger partial charge in [-0.15, -0.1) is 0 Å². The van der Waals surface area contributed by atoms with Gasteiger partial charge in [-0.25, -0.2) is 4.79 Å². The van der Waals surface area contributed by atoms with Gasteiger partial charge in [0, 0.05) is 19.3 Å². The number of rotatable bonds is 0. The van der Waals surface area contributed by atoms with Crippen molar-refractivity contribution in [1.29, 1.82) is 0 Å². The minimum Gasteiger partial charge on any atom is -0.323 e. The Labute approximate surface area is 89.9 Å². The van der Waals surface area contributed by atoms with Crippen LogP contribution >= 0.6 is 0 Å². The average Bonchev–Trinajstić information content (AvgIpc) is 2.17. The van der Waals surface area contributed by atoms with E-state index < -0.39 is 11.7 Å². The zero-order chi connectivity index (χ0) is 11.9. The van der Waals surface area contributed by atoms with E-state index in [2.05, 4.69) is 5.32 Å². The lowest BCUT2D eigenvalue weighted by atomic mass is 10.1. The summed E-state index contributed by atoms with van der Waals surface area (Å²) in [7, 11) is 1.53. The van der Waals surface area contributed by atoms with E-state index >= 15 is 0 Å². The van der Waals surface area contributed by atoms with Gasteiger partial charge in [0.2, 0.25) is 0 Å². The van der Waals surface area contributed by atoms with E-state index in [0.717, 1.165) is 12.1 Å². The summed E-state index contributed by atoms with van der Waals surface area (Å²) in [4.78, 5) is 12.6. The van der Waals surface area contributed by atoms with Gasteiger partial charge < -0.3 is 10.2 Å². The Morgan fingerprint density at radius 1 is 1.38 bits per heavy atom. The Hall–Kier alpha value is -1.72. The molecule has 0 spiro atoms. The monoisotopic (exact) mass is 230 g/mol. The van der Waals surface area contributed by atoms with Gasteiger partial charge in [0.25, 0.3) is 0 Å². The molecule has 1 heterocycles. The van der Waals surface area contributed by atoms with Crippen LogP contribution in [0.2, 0.25) is 0 Å². The highest BCUT2D eigenvalue weighted by Crippen LogP contribution is 2.33. The number of fused-ring (bicyclic) bond motifs is 1. The van der Waals surface area contributed by atoms with Crippen LogP contribution in [-0.4, -0.2) is 18.0 Å². The highest BCUT2D eigenvalue weighted by atomic mass is 19.4. The van der Waals surface area contributed by atoms with Crippen molar-refractivity contribution < 1.29 is 18.0 Å². The molecule has 0 fully saturated rings. The van der Waals surface area contributed by atoms with Gasteiger partial charge in [-0.3, -0.25) is 0 Å². The van der Waals surface area contributed by atoms with E-state index in [4.69, 9.17) is 0 Å². The lowest BCUT2D eigenvalue weighted by molar-refractivity contribution is -0.137. The molecule has 1 N–H and O–H groups in total. The largest absolute Gasteiger partial charge is 0.416 e. The Morgan fingerprint density at radius 2 is 2.06 bits per heavy atom. The number of benzene rings is 1. The van der Waals surface area contributed by atoms with Gasteiger partial charge in [0.15, 0.2) is 0 Å². The normalized spacial score (nSPS) is 15.8. The zero-order valence-electron chi connectivity index (χ0n) is 8.43. The van der Waals surface area contributed by atoms with Crippen molar-refractivity contribution in [2.45, 2.75) is 12.7 Å². The maximum atomic E-state index is 12.4. The first kappa shape index (κ1) is 10.8. The predicted octanol–water partition coefficient (Wildman–Crippen LogP) is 2.68. The van der Waals surface area contributed by atoms with Gasteiger partial charge in [0.1, 0.15) is 0 Å². The van der Waals surface area contributed by atoms with Crippen molar-refractivity contribution in [2.75, 3.05) is 12.4 Å². The number of alkyl halides is 3. The summed E-state index contributed by atoms with van der Waals surface area (Å²) >= 11 is 0. The molecular formula is C10H9F3N2O. The zero-order valence-corrected chi connectivity index (χ0v) is 8.43. The Morgan fingerprint density at radius 3 is 2.69 bits per heavy atom. The quantitative estimate of drug-likeness (QED) is 0.730. The third-order valence-corrected chi connectivity index (χ3v) is 2.43. The van der Waals surface area contributed by atoms with Crippen molar-refractivity contribution in [2.24, 2.45) is 0 Å². The molecule has 1 aliphatic rings. The first-order valence-electron chi connectivity index (χ1n) is 4.60. The second-order valence-electron chi connectivity index (χ2n) is 3.66. The molecule has 2 rings (SSSR count). The molecule has 0 atom stereocenters. The van der Waals surface area contributed by atoms with E-state index in [1.165, 1.54) is 18.0 Å². The fourth-order valence-electron chi connectivity index (χ4n) is 1.56. The maximum absolute atomic E-state index is 12.4. The number of hydrogen-bond acceptors (Lipinski definition) is 1. The van der Waals surface area contributed by atoms with Crippen LogP contribution in [0.5, 0.6) is 0 Å². The Balaban J connectivity index is 2.40. The van der Waals surface area contributed by atoms with E-state index in [-0.39, 0.29) is 12.6 Å². The third kappa shape index (κ3) is 1.82. The summed E-state index contributed by atoms with van der Waals surface area (Å²) < 4.78 is 37.3. The molecule has 0 bridgehead atoms. The predicted molar refractivity (Wildman–Crippen MR) is 51.9 cm³/mol. The Bertz CT molecular complexity index is 442. The molecule has 0 unspecified atom stereocenters. The minimum absolute atomic E-state index is 0.186. The molecule has 1 aromatic carbocycles. The smallest absolute Gasteiger partial charge is 0.323 e. The van der Waals surface area contributed by atoms with Crippen LogP contribution in [0.25, 0.3) is 0 Å². The topological polar surface area (TPSA) is 32.3 Å². The van der Waals surface area contributed by atoms with Crippen LogP contribution in [0.3, 0.4) is 0 Å². The molecule has 86 valence electrons. The van der Waals surface area contributed by atoms with Gasteiger partial charge >= 0.3 is 12.2 Å². The van der Waals surface area contributed by atoms with Crippen molar-refractivity contribution in [3.05, 3.63) is 29.3 Å². The van der Waals surface area contributed by atoms with Crippen LogP contribution in [0.1, 0.15) is 11.1 Å². The van der Waals surface area contributed by atoms with Crippen molar-refractivity contribution in [3.8, 4) is 0 Å². The molecule has 1 aromatic rings. The number of carbonyl (C=O) groups is 1. The Kier molecular flexibility index (Phi) is 2.29. The number of carbonyl (C=O) groups excluding carboxylic acids is 1. The third-order valence-electron chi connectivity index (χ3n) is 2.43. The molecule has 0 aliphatic carbocycles. The molecule has 2 amide bonds. The lowest BCUT2D eigenvalue weighted by Crippen LogP contribution is -2.35. The molecule has 0 aromatic heterocycles. The van der Waals surface area contributed by atoms with Crippen LogP contribution in [0, 0.1) is 0 Å². The second kappa shape index (κ2) is 3.40. The second-order valence-corrected chi connectivity index (χ2v) is 3.66. The number of halogens is 3. The summed E-state index contributed by atoms with van der Waals surface area (Å²) in [5.41, 5.74) is 0.212. The average molecular weight is 230 g/mol. The van der Waals surface area contributed by atoms with Crippen molar-refractivity contribution in [1.82, 2.24) is 4.90 Å². The first-order valence-corrected chi connectivity index (χ1v) is 4.60. The fourth-order valence-corrected chi connectivity index (χ4v) is 1.56. The minimum atomic E-state index is -4.35. The van der Waals surface area contributed by atoms with Crippen LogP contribution in [0.4, 0.5) is 23.7 Å². The highest BCUT2D eigenvalue weighted by Gasteiger charge is 2.32. The van der Waals surface area contributed by atoms with Crippen molar-refractivity contribution in [3.63, 3.8) is 0 Å². The number of nitrogens with zero attached hydrogens (tertiary/aromatic N) is 1. The van der Waals surface area contributed by atoms with E-state index in [1.807, 2.05) is 0 Å². The number of nitrogens with one attached hydrogen (secondary N) is 1. The van der Waals surface area contributed by atoms with Gasteiger partial charge in [-0.2, -0.15) is 13.2 Å².